The average Bonchev–Trinajstić information content (AvgIpc) is 2.44. The maximum absolute atomic E-state index is 11.7. The zero-order chi connectivity index (χ0) is 13.4. The highest BCUT2D eigenvalue weighted by Gasteiger charge is 2.06. The van der Waals surface area contributed by atoms with Crippen molar-refractivity contribution >= 4 is 5.97 Å². The topological polar surface area (TPSA) is 26.3 Å². The van der Waals surface area contributed by atoms with E-state index in [1.807, 2.05) is 51.1 Å². The Morgan fingerprint density at radius 3 is 2.00 bits per heavy atom. The summed E-state index contributed by atoms with van der Waals surface area (Å²) in [5.74, 6) is 0.240. The SMILES string of the molecule is CC.Cc1ccc(OC(=O)c2ccccc2)cc1. The van der Waals surface area contributed by atoms with Crippen LogP contribution in [-0.2, 0) is 0 Å². The highest BCUT2D eigenvalue weighted by atomic mass is 16.5. The van der Waals surface area contributed by atoms with Gasteiger partial charge in [-0.15, -0.1) is 0 Å². The molecule has 0 bridgehead atoms. The number of carbonyl (C=O) groups excluding carboxylic acids is 1. The van der Waals surface area contributed by atoms with Gasteiger partial charge < -0.3 is 4.74 Å². The van der Waals surface area contributed by atoms with Crippen LogP contribution in [0.3, 0.4) is 0 Å². The van der Waals surface area contributed by atoms with Crippen LogP contribution in [0.4, 0.5) is 0 Å². The summed E-state index contributed by atoms with van der Waals surface area (Å²) >= 11 is 0. The molecule has 0 saturated carbocycles. The lowest BCUT2D eigenvalue weighted by molar-refractivity contribution is 0.0735. The first-order valence-corrected chi connectivity index (χ1v) is 6.09. The largest absolute Gasteiger partial charge is 0.423 e. The van der Waals surface area contributed by atoms with Crippen molar-refractivity contribution in [1.29, 1.82) is 0 Å². The minimum absolute atomic E-state index is 0.329. The third-order valence-electron chi connectivity index (χ3n) is 2.24. The smallest absolute Gasteiger partial charge is 0.343 e. The van der Waals surface area contributed by atoms with Crippen LogP contribution in [0.2, 0.25) is 0 Å². The van der Waals surface area contributed by atoms with Crippen LogP contribution >= 0.6 is 0 Å². The van der Waals surface area contributed by atoms with E-state index in [0.717, 1.165) is 5.56 Å². The van der Waals surface area contributed by atoms with Gasteiger partial charge in [-0.3, -0.25) is 0 Å². The normalized spacial score (nSPS) is 9.06. The van der Waals surface area contributed by atoms with E-state index in [2.05, 4.69) is 0 Å². The lowest BCUT2D eigenvalue weighted by atomic mass is 10.2. The number of esters is 1. The summed E-state index contributed by atoms with van der Waals surface area (Å²) in [5.41, 5.74) is 1.70. The van der Waals surface area contributed by atoms with E-state index in [-0.39, 0.29) is 5.97 Å². The van der Waals surface area contributed by atoms with E-state index in [1.165, 1.54) is 0 Å². The highest BCUT2D eigenvalue weighted by molar-refractivity contribution is 5.90. The van der Waals surface area contributed by atoms with Gasteiger partial charge in [-0.2, -0.15) is 0 Å². The minimum Gasteiger partial charge on any atom is -0.423 e. The van der Waals surface area contributed by atoms with Crippen molar-refractivity contribution in [3.05, 3.63) is 65.7 Å². The molecule has 0 aromatic heterocycles. The molecule has 0 amide bonds. The standard InChI is InChI=1S/C14H12O2.C2H6/c1-11-7-9-13(10-8-11)16-14(15)12-5-3-2-4-6-12;1-2/h2-10H,1H3;1-2H3. The third kappa shape index (κ3) is 4.06. The molecule has 0 aliphatic carbocycles. The van der Waals surface area contributed by atoms with E-state index in [4.69, 9.17) is 4.74 Å². The molecular formula is C16H18O2. The fourth-order valence-corrected chi connectivity index (χ4v) is 1.35. The van der Waals surface area contributed by atoms with Gasteiger partial charge in [-0.05, 0) is 31.2 Å². The van der Waals surface area contributed by atoms with Gasteiger partial charge in [0.1, 0.15) is 5.75 Å². The van der Waals surface area contributed by atoms with E-state index >= 15 is 0 Å². The Kier molecular flexibility index (Phi) is 5.65. The van der Waals surface area contributed by atoms with Crippen molar-refractivity contribution in [2.24, 2.45) is 0 Å². The molecule has 94 valence electrons. The Morgan fingerprint density at radius 1 is 0.889 bits per heavy atom. The van der Waals surface area contributed by atoms with Crippen LogP contribution in [0, 0.1) is 6.92 Å². The number of benzene rings is 2. The van der Waals surface area contributed by atoms with Crippen molar-refractivity contribution in [2.45, 2.75) is 20.8 Å². The molecule has 0 aliphatic heterocycles. The number of hydrogen-bond donors (Lipinski definition) is 0. The number of ether oxygens (including phenoxy) is 1. The summed E-state index contributed by atoms with van der Waals surface area (Å²) < 4.78 is 5.22. The second-order valence-electron chi connectivity index (χ2n) is 3.57. The van der Waals surface area contributed by atoms with Crippen molar-refractivity contribution in [2.75, 3.05) is 0 Å². The van der Waals surface area contributed by atoms with Gasteiger partial charge in [0.25, 0.3) is 0 Å². The predicted molar refractivity (Wildman–Crippen MR) is 73.9 cm³/mol. The van der Waals surface area contributed by atoms with Crippen molar-refractivity contribution in [1.82, 2.24) is 0 Å². The number of carbonyl (C=O) groups is 1. The lowest BCUT2D eigenvalue weighted by Crippen LogP contribution is -2.07. The zero-order valence-corrected chi connectivity index (χ0v) is 11.0. The third-order valence-corrected chi connectivity index (χ3v) is 2.24. The molecule has 0 heterocycles. The second kappa shape index (κ2) is 7.28. The lowest BCUT2D eigenvalue weighted by Gasteiger charge is -2.04. The predicted octanol–water partition coefficient (Wildman–Crippen LogP) is 4.24. The second-order valence-corrected chi connectivity index (χ2v) is 3.57. The molecule has 0 unspecified atom stereocenters. The van der Waals surface area contributed by atoms with E-state index < -0.39 is 0 Å². The monoisotopic (exact) mass is 242 g/mol. The maximum atomic E-state index is 11.7. The van der Waals surface area contributed by atoms with Crippen molar-refractivity contribution in [3.8, 4) is 5.75 Å². The van der Waals surface area contributed by atoms with Gasteiger partial charge in [0.15, 0.2) is 0 Å². The van der Waals surface area contributed by atoms with Crippen LogP contribution in [0.5, 0.6) is 5.75 Å². The minimum atomic E-state index is -0.329. The van der Waals surface area contributed by atoms with Gasteiger partial charge in [0.05, 0.1) is 5.56 Å². The van der Waals surface area contributed by atoms with Crippen LogP contribution in [-0.4, -0.2) is 5.97 Å². The molecule has 0 N–H and O–H groups in total. The summed E-state index contributed by atoms with van der Waals surface area (Å²) in [6, 6.07) is 16.3. The zero-order valence-electron chi connectivity index (χ0n) is 11.0. The molecule has 2 aromatic carbocycles. The Morgan fingerprint density at radius 2 is 1.44 bits per heavy atom. The van der Waals surface area contributed by atoms with Crippen LogP contribution in [0.15, 0.2) is 54.6 Å². The maximum Gasteiger partial charge on any atom is 0.343 e. The van der Waals surface area contributed by atoms with Gasteiger partial charge in [0.2, 0.25) is 0 Å². The van der Waals surface area contributed by atoms with Gasteiger partial charge in [-0.25, -0.2) is 4.79 Å². The molecule has 0 saturated heterocycles. The molecule has 0 spiro atoms. The Hall–Kier alpha value is -2.09. The summed E-state index contributed by atoms with van der Waals surface area (Å²) in [4.78, 5) is 11.7. The fraction of sp³-hybridized carbons (Fsp3) is 0.188. The number of rotatable bonds is 2. The summed E-state index contributed by atoms with van der Waals surface area (Å²) in [7, 11) is 0. The van der Waals surface area contributed by atoms with E-state index in [9.17, 15) is 4.79 Å². The molecule has 0 radical (unpaired) electrons. The number of hydrogen-bond acceptors (Lipinski definition) is 2. The molecule has 2 heteroatoms. The Bertz CT molecular complexity index is 472. The average molecular weight is 242 g/mol. The molecule has 18 heavy (non-hydrogen) atoms. The summed E-state index contributed by atoms with van der Waals surface area (Å²) in [6.07, 6.45) is 0. The Labute approximate surface area is 108 Å². The van der Waals surface area contributed by atoms with Crippen molar-refractivity contribution < 1.29 is 9.53 Å². The molecule has 0 aliphatic rings. The van der Waals surface area contributed by atoms with Crippen molar-refractivity contribution in [3.63, 3.8) is 0 Å². The quantitative estimate of drug-likeness (QED) is 0.581. The van der Waals surface area contributed by atoms with Gasteiger partial charge in [-0.1, -0.05) is 49.7 Å². The number of aryl methyl sites for hydroxylation is 1. The summed E-state index contributed by atoms with van der Waals surface area (Å²) in [6.45, 7) is 5.99. The highest BCUT2D eigenvalue weighted by Crippen LogP contribution is 2.13. The summed E-state index contributed by atoms with van der Waals surface area (Å²) in [5, 5.41) is 0. The first kappa shape index (κ1) is 14.0. The van der Waals surface area contributed by atoms with Crippen LogP contribution in [0.1, 0.15) is 29.8 Å². The van der Waals surface area contributed by atoms with E-state index in [1.54, 1.807) is 24.3 Å². The van der Waals surface area contributed by atoms with Crippen LogP contribution in [0.25, 0.3) is 0 Å². The molecule has 2 rings (SSSR count). The molecule has 0 fully saturated rings. The van der Waals surface area contributed by atoms with Crippen LogP contribution < -0.4 is 4.74 Å². The fourth-order valence-electron chi connectivity index (χ4n) is 1.35. The molecule has 2 aromatic rings. The Balaban J connectivity index is 0.000000771. The molecular weight excluding hydrogens is 224 g/mol. The first-order valence-electron chi connectivity index (χ1n) is 6.09. The van der Waals surface area contributed by atoms with Gasteiger partial charge >= 0.3 is 5.97 Å². The van der Waals surface area contributed by atoms with E-state index in [0.29, 0.717) is 11.3 Å². The molecule has 2 nitrogen and oxygen atoms in total. The first-order chi connectivity index (χ1) is 8.75. The molecule has 0 atom stereocenters. The van der Waals surface area contributed by atoms with Gasteiger partial charge in [0, 0.05) is 0 Å².